The van der Waals surface area contributed by atoms with E-state index in [-0.39, 0.29) is 0 Å². The van der Waals surface area contributed by atoms with Crippen LogP contribution in [0.25, 0.3) is 0 Å². The third kappa shape index (κ3) is 3.77. The van der Waals surface area contributed by atoms with Crippen LogP contribution in [0.2, 0.25) is 0 Å². The minimum Gasteiger partial charge on any atom is -0.496 e. The van der Waals surface area contributed by atoms with Crippen LogP contribution in [0.15, 0.2) is 79.9 Å². The number of benzene rings is 1. The summed E-state index contributed by atoms with van der Waals surface area (Å²) in [6.07, 6.45) is 6.05. The lowest BCUT2D eigenvalue weighted by Crippen LogP contribution is -1.98. The van der Waals surface area contributed by atoms with Gasteiger partial charge in [-0.05, 0) is 30.3 Å². The predicted molar refractivity (Wildman–Crippen MR) is 88.3 cm³/mol. The molecule has 0 fully saturated rings. The van der Waals surface area contributed by atoms with Gasteiger partial charge in [-0.2, -0.15) is 0 Å². The number of furan rings is 2. The summed E-state index contributed by atoms with van der Waals surface area (Å²) in [5, 5.41) is 0. The number of rotatable bonds is 6. The normalized spacial score (nSPS) is 11.7. The highest BCUT2D eigenvalue weighted by atomic mass is 16.5. The predicted octanol–water partition coefficient (Wildman–Crippen LogP) is 4.12. The van der Waals surface area contributed by atoms with Crippen molar-refractivity contribution in [2.45, 2.75) is 6.17 Å². The molecule has 1 aromatic carbocycles. The van der Waals surface area contributed by atoms with Crippen molar-refractivity contribution in [2.24, 2.45) is 9.98 Å². The Kier molecular flexibility index (Phi) is 4.69. The van der Waals surface area contributed by atoms with Gasteiger partial charge in [0, 0.05) is 5.56 Å². The Morgan fingerprint density at radius 1 is 0.870 bits per heavy atom. The Morgan fingerprint density at radius 3 is 2.00 bits per heavy atom. The molecule has 116 valence electrons. The maximum absolute atomic E-state index is 5.41. The molecule has 0 aliphatic heterocycles. The van der Waals surface area contributed by atoms with Crippen LogP contribution in [0.1, 0.15) is 23.2 Å². The molecule has 0 atom stereocenters. The van der Waals surface area contributed by atoms with Gasteiger partial charge in [-0.3, -0.25) is 9.98 Å². The minimum atomic E-state index is -0.457. The van der Waals surface area contributed by atoms with Crippen LogP contribution in [0.5, 0.6) is 5.75 Å². The zero-order chi connectivity index (χ0) is 15.9. The van der Waals surface area contributed by atoms with Crippen LogP contribution in [0, 0.1) is 0 Å². The number of aliphatic imine (C=N–C) groups is 2. The molecule has 0 bridgehead atoms. The van der Waals surface area contributed by atoms with Crippen LogP contribution in [0.3, 0.4) is 0 Å². The van der Waals surface area contributed by atoms with Crippen molar-refractivity contribution < 1.29 is 13.6 Å². The quantitative estimate of drug-likeness (QED) is 0.644. The fourth-order valence-electron chi connectivity index (χ4n) is 2.10. The first-order chi connectivity index (χ1) is 11.4. The summed E-state index contributed by atoms with van der Waals surface area (Å²) >= 11 is 0. The molecule has 0 amide bonds. The highest BCUT2D eigenvalue weighted by Gasteiger charge is 2.12. The third-order valence-electron chi connectivity index (χ3n) is 3.19. The second-order valence-electron chi connectivity index (χ2n) is 4.70. The van der Waals surface area contributed by atoms with Crippen molar-refractivity contribution >= 4 is 12.4 Å². The van der Waals surface area contributed by atoms with E-state index in [9.17, 15) is 0 Å². The van der Waals surface area contributed by atoms with Crippen molar-refractivity contribution in [1.82, 2.24) is 0 Å². The third-order valence-corrected chi connectivity index (χ3v) is 3.19. The SMILES string of the molecule is COc1ccccc1C(/N=C/c1ccco1)/N=C/c1ccco1. The molecular weight excluding hydrogens is 292 g/mol. The van der Waals surface area contributed by atoms with E-state index in [0.29, 0.717) is 11.5 Å². The zero-order valence-electron chi connectivity index (χ0n) is 12.6. The summed E-state index contributed by atoms with van der Waals surface area (Å²) in [5.41, 5.74) is 0.862. The van der Waals surface area contributed by atoms with Crippen molar-refractivity contribution in [3.05, 3.63) is 78.1 Å². The first-order valence-electron chi connectivity index (χ1n) is 7.13. The first-order valence-corrected chi connectivity index (χ1v) is 7.13. The molecule has 0 radical (unpaired) electrons. The van der Waals surface area contributed by atoms with Gasteiger partial charge in [0.15, 0.2) is 6.17 Å². The van der Waals surface area contributed by atoms with Gasteiger partial charge in [-0.25, -0.2) is 0 Å². The number of nitrogens with zero attached hydrogens (tertiary/aromatic N) is 2. The van der Waals surface area contributed by atoms with Crippen molar-refractivity contribution in [1.29, 1.82) is 0 Å². The largest absolute Gasteiger partial charge is 0.496 e. The van der Waals surface area contributed by atoms with E-state index in [4.69, 9.17) is 13.6 Å². The summed E-state index contributed by atoms with van der Waals surface area (Å²) in [6, 6.07) is 14.9. The number of methoxy groups -OCH3 is 1. The van der Waals surface area contributed by atoms with Gasteiger partial charge in [0.25, 0.3) is 0 Å². The molecule has 3 rings (SSSR count). The van der Waals surface area contributed by atoms with Crippen LogP contribution >= 0.6 is 0 Å². The van der Waals surface area contributed by atoms with Gasteiger partial charge in [0.1, 0.15) is 17.3 Å². The molecule has 23 heavy (non-hydrogen) atoms. The maximum atomic E-state index is 5.41. The molecule has 5 nitrogen and oxygen atoms in total. The van der Waals surface area contributed by atoms with E-state index in [1.54, 1.807) is 32.1 Å². The van der Waals surface area contributed by atoms with E-state index >= 15 is 0 Å². The summed E-state index contributed by atoms with van der Waals surface area (Å²) < 4.78 is 16.0. The van der Waals surface area contributed by atoms with E-state index in [0.717, 1.165) is 11.3 Å². The summed E-state index contributed by atoms with van der Waals surface area (Å²) in [7, 11) is 1.63. The molecule has 3 aromatic rings. The summed E-state index contributed by atoms with van der Waals surface area (Å²) in [6.45, 7) is 0. The number of ether oxygens (including phenoxy) is 1. The maximum Gasteiger partial charge on any atom is 0.168 e. The van der Waals surface area contributed by atoms with E-state index in [2.05, 4.69) is 9.98 Å². The van der Waals surface area contributed by atoms with Crippen molar-refractivity contribution in [2.75, 3.05) is 7.11 Å². The van der Waals surface area contributed by atoms with Gasteiger partial charge < -0.3 is 13.6 Å². The second kappa shape index (κ2) is 7.26. The standard InChI is InChI=1S/C18H16N2O3/c1-21-17-9-3-2-8-16(17)18(19-12-14-6-4-10-22-14)20-13-15-7-5-11-23-15/h2-13,18H,1H3/b19-12+,20-13+. The highest BCUT2D eigenvalue weighted by Crippen LogP contribution is 2.28. The number of hydrogen-bond acceptors (Lipinski definition) is 5. The Bertz CT molecular complexity index is 730. The Morgan fingerprint density at radius 2 is 1.48 bits per heavy atom. The molecule has 0 N–H and O–H groups in total. The smallest absolute Gasteiger partial charge is 0.168 e. The first kappa shape index (κ1) is 14.8. The van der Waals surface area contributed by atoms with Gasteiger partial charge in [-0.1, -0.05) is 18.2 Å². The van der Waals surface area contributed by atoms with Gasteiger partial charge in [0.2, 0.25) is 0 Å². The van der Waals surface area contributed by atoms with E-state index in [1.807, 2.05) is 48.5 Å². The monoisotopic (exact) mass is 308 g/mol. The van der Waals surface area contributed by atoms with Gasteiger partial charge in [0.05, 0.1) is 32.1 Å². The lowest BCUT2D eigenvalue weighted by Gasteiger charge is -2.12. The fraction of sp³-hybridized carbons (Fsp3) is 0.111. The average Bonchev–Trinajstić information content (AvgIpc) is 3.28. The molecule has 0 saturated heterocycles. The molecule has 0 spiro atoms. The zero-order valence-corrected chi connectivity index (χ0v) is 12.6. The molecule has 2 heterocycles. The highest BCUT2D eigenvalue weighted by molar-refractivity contribution is 5.77. The lowest BCUT2D eigenvalue weighted by molar-refractivity contribution is 0.406. The second-order valence-corrected chi connectivity index (χ2v) is 4.70. The Balaban J connectivity index is 1.92. The van der Waals surface area contributed by atoms with E-state index < -0.39 is 6.17 Å². The van der Waals surface area contributed by atoms with Gasteiger partial charge >= 0.3 is 0 Å². The average molecular weight is 308 g/mol. The van der Waals surface area contributed by atoms with Crippen LogP contribution in [-0.4, -0.2) is 19.5 Å². The molecule has 0 unspecified atom stereocenters. The molecular formula is C18H16N2O3. The van der Waals surface area contributed by atoms with Crippen LogP contribution < -0.4 is 4.74 Å². The summed E-state index contributed by atoms with van der Waals surface area (Å²) in [4.78, 5) is 9.01. The summed E-state index contributed by atoms with van der Waals surface area (Å²) in [5.74, 6) is 2.06. The number of hydrogen-bond donors (Lipinski definition) is 0. The molecule has 0 aliphatic rings. The lowest BCUT2D eigenvalue weighted by atomic mass is 10.1. The van der Waals surface area contributed by atoms with Crippen LogP contribution in [-0.2, 0) is 0 Å². The fourth-order valence-corrected chi connectivity index (χ4v) is 2.10. The minimum absolute atomic E-state index is 0.457. The molecule has 2 aromatic heterocycles. The topological polar surface area (TPSA) is 60.2 Å². The molecule has 5 heteroatoms. The Labute approximate surface area is 133 Å². The molecule has 0 aliphatic carbocycles. The number of para-hydroxylation sites is 1. The van der Waals surface area contributed by atoms with E-state index in [1.165, 1.54) is 0 Å². The van der Waals surface area contributed by atoms with Crippen molar-refractivity contribution in [3.63, 3.8) is 0 Å². The van der Waals surface area contributed by atoms with Crippen LogP contribution in [0.4, 0.5) is 0 Å². The Hall–Kier alpha value is -3.08. The van der Waals surface area contributed by atoms with Gasteiger partial charge in [-0.15, -0.1) is 0 Å². The van der Waals surface area contributed by atoms with Crippen molar-refractivity contribution in [3.8, 4) is 5.75 Å². The molecule has 0 saturated carbocycles.